The first-order valence-electron chi connectivity index (χ1n) is 5.90. The average Bonchev–Trinajstić information content (AvgIpc) is 2.28. The van der Waals surface area contributed by atoms with Crippen molar-refractivity contribution >= 4 is 5.91 Å². The summed E-state index contributed by atoms with van der Waals surface area (Å²) in [7, 11) is 0. The molecule has 0 radical (unpaired) electrons. The van der Waals surface area contributed by atoms with Crippen LogP contribution < -0.4 is 10.6 Å². The van der Waals surface area contributed by atoms with Crippen molar-refractivity contribution < 1.29 is 9.53 Å². The van der Waals surface area contributed by atoms with Gasteiger partial charge in [-0.05, 0) is 19.3 Å². The molecule has 0 aromatic heterocycles. The number of nitrogens with one attached hydrogen (secondary N) is 2. The van der Waals surface area contributed by atoms with Gasteiger partial charge >= 0.3 is 0 Å². The van der Waals surface area contributed by atoms with E-state index in [2.05, 4.69) is 17.6 Å². The van der Waals surface area contributed by atoms with Crippen LogP contribution in [0.25, 0.3) is 0 Å². The minimum absolute atomic E-state index is 0.0917. The average molecular weight is 214 g/mol. The first-order chi connectivity index (χ1) is 7.33. The van der Waals surface area contributed by atoms with Gasteiger partial charge < -0.3 is 15.4 Å². The highest BCUT2D eigenvalue weighted by atomic mass is 16.5. The molecule has 0 spiro atoms. The second kappa shape index (κ2) is 7.65. The lowest BCUT2D eigenvalue weighted by atomic mass is 10.1. The van der Waals surface area contributed by atoms with Crippen molar-refractivity contribution in [1.29, 1.82) is 0 Å². The van der Waals surface area contributed by atoms with E-state index in [9.17, 15) is 4.79 Å². The Morgan fingerprint density at radius 3 is 3.07 bits per heavy atom. The summed E-state index contributed by atoms with van der Waals surface area (Å²) in [4.78, 5) is 11.3. The van der Waals surface area contributed by atoms with Crippen molar-refractivity contribution in [2.24, 2.45) is 0 Å². The normalized spacial score (nSPS) is 21.3. The van der Waals surface area contributed by atoms with Crippen LogP contribution in [0, 0.1) is 0 Å². The molecule has 2 N–H and O–H groups in total. The summed E-state index contributed by atoms with van der Waals surface area (Å²) in [6, 6.07) is 0.357. The van der Waals surface area contributed by atoms with Crippen LogP contribution in [0.5, 0.6) is 0 Å². The molecule has 0 aliphatic carbocycles. The molecule has 15 heavy (non-hydrogen) atoms. The highest BCUT2D eigenvalue weighted by Crippen LogP contribution is 2.04. The predicted molar refractivity (Wildman–Crippen MR) is 59.8 cm³/mol. The van der Waals surface area contributed by atoms with E-state index in [1.165, 1.54) is 0 Å². The monoisotopic (exact) mass is 214 g/mol. The molecule has 1 aliphatic heterocycles. The summed E-state index contributed by atoms with van der Waals surface area (Å²) in [6.45, 7) is 4.92. The number of unbranched alkanes of at least 4 members (excludes halogenated alkanes) is 1. The molecule has 0 saturated carbocycles. The van der Waals surface area contributed by atoms with Gasteiger partial charge in [-0.2, -0.15) is 0 Å². The van der Waals surface area contributed by atoms with E-state index in [0.717, 1.165) is 45.4 Å². The lowest BCUT2D eigenvalue weighted by molar-refractivity contribution is -0.120. The molecule has 1 fully saturated rings. The molecular weight excluding hydrogens is 192 g/mol. The maximum Gasteiger partial charge on any atom is 0.233 e. The van der Waals surface area contributed by atoms with Crippen molar-refractivity contribution in [2.75, 3.05) is 26.3 Å². The Bertz CT molecular complexity index is 179. The topological polar surface area (TPSA) is 50.4 Å². The lowest BCUT2D eigenvalue weighted by Gasteiger charge is -2.22. The van der Waals surface area contributed by atoms with Gasteiger partial charge in [0.25, 0.3) is 0 Å². The molecule has 0 aromatic rings. The summed E-state index contributed by atoms with van der Waals surface area (Å²) in [5.74, 6) is 0.0917. The largest absolute Gasteiger partial charge is 0.380 e. The van der Waals surface area contributed by atoms with E-state index in [1.807, 2.05) is 0 Å². The first-order valence-corrected chi connectivity index (χ1v) is 5.90. The highest BCUT2D eigenvalue weighted by molar-refractivity contribution is 5.77. The van der Waals surface area contributed by atoms with Gasteiger partial charge in [0.1, 0.15) is 0 Å². The number of amides is 1. The Balaban J connectivity index is 2.00. The number of carbonyl (C=O) groups is 1. The summed E-state index contributed by atoms with van der Waals surface area (Å²) >= 11 is 0. The van der Waals surface area contributed by atoms with E-state index in [4.69, 9.17) is 4.74 Å². The molecule has 1 amide bonds. The van der Waals surface area contributed by atoms with Gasteiger partial charge in [0, 0.05) is 19.2 Å². The SMILES string of the molecule is CCCCNC(=O)CNC1CCCOC1. The van der Waals surface area contributed by atoms with Crippen LogP contribution in [-0.2, 0) is 9.53 Å². The molecule has 1 unspecified atom stereocenters. The molecule has 0 bridgehead atoms. The summed E-state index contributed by atoms with van der Waals surface area (Å²) in [5.41, 5.74) is 0. The van der Waals surface area contributed by atoms with Gasteiger partial charge in [-0.3, -0.25) is 4.79 Å². The van der Waals surface area contributed by atoms with Crippen molar-refractivity contribution in [3.8, 4) is 0 Å². The van der Waals surface area contributed by atoms with E-state index in [0.29, 0.717) is 12.6 Å². The van der Waals surface area contributed by atoms with Crippen LogP contribution in [0.3, 0.4) is 0 Å². The zero-order valence-corrected chi connectivity index (χ0v) is 9.55. The quantitative estimate of drug-likeness (QED) is 0.639. The second-order valence-electron chi connectivity index (χ2n) is 4.00. The third kappa shape index (κ3) is 5.74. The zero-order valence-electron chi connectivity index (χ0n) is 9.55. The van der Waals surface area contributed by atoms with Gasteiger partial charge in [-0.25, -0.2) is 0 Å². The van der Waals surface area contributed by atoms with Crippen LogP contribution in [0.4, 0.5) is 0 Å². The van der Waals surface area contributed by atoms with E-state index < -0.39 is 0 Å². The third-order valence-electron chi connectivity index (χ3n) is 2.56. The fourth-order valence-electron chi connectivity index (χ4n) is 1.61. The Morgan fingerprint density at radius 2 is 2.40 bits per heavy atom. The molecule has 0 aromatic carbocycles. The molecule has 1 heterocycles. The van der Waals surface area contributed by atoms with Crippen LogP contribution in [-0.4, -0.2) is 38.3 Å². The number of ether oxygens (including phenoxy) is 1. The van der Waals surface area contributed by atoms with Crippen molar-refractivity contribution in [3.05, 3.63) is 0 Å². The standard InChI is InChI=1S/C11H22N2O2/c1-2-3-6-12-11(14)8-13-10-5-4-7-15-9-10/h10,13H,2-9H2,1H3,(H,12,14). The van der Waals surface area contributed by atoms with Crippen molar-refractivity contribution in [3.63, 3.8) is 0 Å². The van der Waals surface area contributed by atoms with E-state index in [-0.39, 0.29) is 5.91 Å². The van der Waals surface area contributed by atoms with Gasteiger partial charge in [0.15, 0.2) is 0 Å². The van der Waals surface area contributed by atoms with Gasteiger partial charge in [0.2, 0.25) is 5.91 Å². The minimum atomic E-state index is 0.0917. The molecule has 88 valence electrons. The highest BCUT2D eigenvalue weighted by Gasteiger charge is 2.13. The van der Waals surface area contributed by atoms with E-state index >= 15 is 0 Å². The second-order valence-corrected chi connectivity index (χ2v) is 4.00. The maximum absolute atomic E-state index is 11.3. The molecule has 4 nitrogen and oxygen atoms in total. The first kappa shape index (κ1) is 12.5. The summed E-state index contributed by atoms with van der Waals surface area (Å²) < 4.78 is 5.32. The van der Waals surface area contributed by atoms with Crippen LogP contribution >= 0.6 is 0 Å². The third-order valence-corrected chi connectivity index (χ3v) is 2.56. The van der Waals surface area contributed by atoms with Crippen LogP contribution in [0.2, 0.25) is 0 Å². The predicted octanol–water partition coefficient (Wildman–Crippen LogP) is 0.671. The van der Waals surface area contributed by atoms with Crippen LogP contribution in [0.1, 0.15) is 32.6 Å². The maximum atomic E-state index is 11.3. The molecule has 1 saturated heterocycles. The fourth-order valence-corrected chi connectivity index (χ4v) is 1.61. The lowest BCUT2D eigenvalue weighted by Crippen LogP contribution is -2.43. The number of hydrogen-bond acceptors (Lipinski definition) is 3. The molecule has 1 atom stereocenters. The van der Waals surface area contributed by atoms with Crippen molar-refractivity contribution in [1.82, 2.24) is 10.6 Å². The number of rotatable bonds is 6. The molecule has 4 heteroatoms. The minimum Gasteiger partial charge on any atom is -0.380 e. The Labute approximate surface area is 91.8 Å². The number of carbonyl (C=O) groups excluding carboxylic acids is 1. The number of hydrogen-bond donors (Lipinski definition) is 2. The van der Waals surface area contributed by atoms with Gasteiger partial charge in [-0.15, -0.1) is 0 Å². The fraction of sp³-hybridized carbons (Fsp3) is 0.909. The zero-order chi connectivity index (χ0) is 10.9. The molecule has 1 rings (SSSR count). The molecule has 1 aliphatic rings. The Kier molecular flexibility index (Phi) is 6.36. The summed E-state index contributed by atoms with van der Waals surface area (Å²) in [5, 5.41) is 6.09. The van der Waals surface area contributed by atoms with Crippen LogP contribution in [0.15, 0.2) is 0 Å². The Morgan fingerprint density at radius 1 is 1.53 bits per heavy atom. The summed E-state index contributed by atoms with van der Waals surface area (Å²) in [6.07, 6.45) is 4.37. The smallest absolute Gasteiger partial charge is 0.233 e. The van der Waals surface area contributed by atoms with E-state index in [1.54, 1.807) is 0 Å². The van der Waals surface area contributed by atoms with Gasteiger partial charge in [0.05, 0.1) is 13.2 Å². The Hall–Kier alpha value is -0.610. The van der Waals surface area contributed by atoms with Crippen molar-refractivity contribution in [2.45, 2.75) is 38.6 Å². The van der Waals surface area contributed by atoms with Gasteiger partial charge in [-0.1, -0.05) is 13.3 Å². The molecular formula is C11H22N2O2.